The van der Waals surface area contributed by atoms with Crippen molar-refractivity contribution in [2.24, 2.45) is 5.92 Å². The van der Waals surface area contributed by atoms with Crippen LogP contribution in [0.25, 0.3) is 0 Å². The fourth-order valence-corrected chi connectivity index (χ4v) is 2.01. The topological polar surface area (TPSA) is 57.6 Å². The second-order valence-electron chi connectivity index (χ2n) is 4.23. The molecular weight excluding hydrogens is 244 g/mol. The summed E-state index contributed by atoms with van der Waals surface area (Å²) in [5.41, 5.74) is -0.0986. The highest BCUT2D eigenvalue weighted by Gasteiger charge is 2.31. The first-order valence-corrected chi connectivity index (χ1v) is 5.45. The highest BCUT2D eigenvalue weighted by Crippen LogP contribution is 2.19. The Morgan fingerprint density at radius 3 is 2.33 bits per heavy atom. The lowest BCUT2D eigenvalue weighted by Crippen LogP contribution is -2.30. The van der Waals surface area contributed by atoms with Gasteiger partial charge in [0.15, 0.2) is 0 Å². The van der Waals surface area contributed by atoms with E-state index >= 15 is 0 Å². The molecule has 1 saturated heterocycles. The monoisotopic (exact) mass is 255 g/mol. The van der Waals surface area contributed by atoms with Gasteiger partial charge in [0, 0.05) is 24.7 Å². The molecule has 1 N–H and O–H groups in total. The van der Waals surface area contributed by atoms with Crippen LogP contribution in [0.2, 0.25) is 0 Å². The summed E-state index contributed by atoms with van der Waals surface area (Å²) in [4.78, 5) is 24.0. The van der Waals surface area contributed by atoms with Crippen molar-refractivity contribution in [3.05, 3.63) is 35.4 Å². The number of carbonyl (C=O) groups excluding carboxylic acids is 1. The maximum atomic E-state index is 13.0. The number of halogens is 2. The van der Waals surface area contributed by atoms with Crippen LogP contribution in [-0.4, -0.2) is 35.0 Å². The van der Waals surface area contributed by atoms with Crippen LogP contribution in [0.5, 0.6) is 0 Å². The van der Waals surface area contributed by atoms with Crippen molar-refractivity contribution in [2.45, 2.75) is 6.42 Å². The lowest BCUT2D eigenvalue weighted by molar-refractivity contribution is -0.141. The summed E-state index contributed by atoms with van der Waals surface area (Å²) in [6, 6.07) is 2.57. The molecule has 1 atom stereocenters. The SMILES string of the molecule is O=C(O)C1CCN(C(=O)c2cc(F)cc(F)c2)C1. The van der Waals surface area contributed by atoms with E-state index in [9.17, 15) is 18.4 Å². The fraction of sp³-hybridized carbons (Fsp3) is 0.333. The molecule has 1 unspecified atom stereocenters. The van der Waals surface area contributed by atoms with E-state index in [1.807, 2.05) is 0 Å². The minimum atomic E-state index is -0.962. The summed E-state index contributed by atoms with van der Waals surface area (Å²) in [7, 11) is 0. The van der Waals surface area contributed by atoms with Crippen molar-refractivity contribution in [3.8, 4) is 0 Å². The van der Waals surface area contributed by atoms with Gasteiger partial charge in [0.1, 0.15) is 11.6 Å². The number of hydrogen-bond donors (Lipinski definition) is 1. The van der Waals surface area contributed by atoms with Gasteiger partial charge in [-0.25, -0.2) is 8.78 Å². The van der Waals surface area contributed by atoms with Crippen LogP contribution in [0.3, 0.4) is 0 Å². The van der Waals surface area contributed by atoms with Gasteiger partial charge in [-0.2, -0.15) is 0 Å². The number of carbonyl (C=O) groups is 2. The van der Waals surface area contributed by atoms with E-state index in [0.717, 1.165) is 12.1 Å². The van der Waals surface area contributed by atoms with Gasteiger partial charge in [-0.1, -0.05) is 0 Å². The molecular formula is C12H11F2NO3. The summed E-state index contributed by atoms with van der Waals surface area (Å²) in [6.07, 6.45) is 0.360. The van der Waals surface area contributed by atoms with Gasteiger partial charge in [0.2, 0.25) is 0 Å². The van der Waals surface area contributed by atoms with Gasteiger partial charge in [0.05, 0.1) is 5.92 Å². The molecule has 1 aliphatic rings. The number of benzene rings is 1. The Labute approximate surface area is 102 Å². The summed E-state index contributed by atoms with van der Waals surface area (Å²) in [5, 5.41) is 8.81. The van der Waals surface area contributed by atoms with Crippen molar-refractivity contribution in [2.75, 3.05) is 13.1 Å². The van der Waals surface area contributed by atoms with E-state index in [1.54, 1.807) is 0 Å². The maximum absolute atomic E-state index is 13.0. The number of nitrogens with zero attached hydrogens (tertiary/aromatic N) is 1. The average molecular weight is 255 g/mol. The maximum Gasteiger partial charge on any atom is 0.308 e. The minimum absolute atomic E-state index is 0.0757. The van der Waals surface area contributed by atoms with E-state index in [0.29, 0.717) is 12.5 Å². The molecule has 1 aliphatic heterocycles. The Morgan fingerprint density at radius 2 is 1.83 bits per heavy atom. The van der Waals surface area contributed by atoms with Crippen LogP contribution in [-0.2, 0) is 4.79 Å². The van der Waals surface area contributed by atoms with Crippen molar-refractivity contribution in [1.82, 2.24) is 4.90 Å². The zero-order valence-electron chi connectivity index (χ0n) is 9.40. The van der Waals surface area contributed by atoms with Crippen LogP contribution in [0.15, 0.2) is 18.2 Å². The van der Waals surface area contributed by atoms with Crippen LogP contribution in [0.1, 0.15) is 16.8 Å². The van der Waals surface area contributed by atoms with E-state index in [-0.39, 0.29) is 18.7 Å². The lowest BCUT2D eigenvalue weighted by Gasteiger charge is -2.15. The quantitative estimate of drug-likeness (QED) is 0.871. The first-order chi connectivity index (χ1) is 8.47. The predicted octanol–water partition coefficient (Wildman–Crippen LogP) is 1.51. The van der Waals surface area contributed by atoms with Gasteiger partial charge >= 0.3 is 5.97 Å². The van der Waals surface area contributed by atoms with Crippen molar-refractivity contribution >= 4 is 11.9 Å². The molecule has 0 radical (unpaired) electrons. The number of hydrogen-bond acceptors (Lipinski definition) is 2. The van der Waals surface area contributed by atoms with Gasteiger partial charge in [-0.15, -0.1) is 0 Å². The number of carboxylic acids is 1. The second kappa shape index (κ2) is 4.72. The van der Waals surface area contributed by atoms with Crippen LogP contribution < -0.4 is 0 Å². The molecule has 4 nitrogen and oxygen atoms in total. The Balaban J connectivity index is 2.15. The number of aliphatic carboxylic acids is 1. The molecule has 0 aliphatic carbocycles. The van der Waals surface area contributed by atoms with E-state index < -0.39 is 29.4 Å². The highest BCUT2D eigenvalue weighted by atomic mass is 19.1. The minimum Gasteiger partial charge on any atom is -0.481 e. The Hall–Kier alpha value is -1.98. The fourth-order valence-electron chi connectivity index (χ4n) is 2.01. The van der Waals surface area contributed by atoms with Gasteiger partial charge in [-0.3, -0.25) is 9.59 Å². The summed E-state index contributed by atoms with van der Waals surface area (Å²) in [5.74, 6) is -3.76. The van der Waals surface area contributed by atoms with Crippen LogP contribution >= 0.6 is 0 Å². The molecule has 2 rings (SSSR count). The molecule has 1 aromatic carbocycles. The van der Waals surface area contributed by atoms with Crippen molar-refractivity contribution < 1.29 is 23.5 Å². The van der Waals surface area contributed by atoms with Gasteiger partial charge in [-0.05, 0) is 18.6 Å². The Kier molecular flexibility index (Phi) is 3.27. The molecule has 0 saturated carbocycles. The molecule has 6 heteroatoms. The normalized spacial score (nSPS) is 19.0. The second-order valence-corrected chi connectivity index (χ2v) is 4.23. The standard InChI is InChI=1S/C12H11F2NO3/c13-9-3-8(4-10(14)5-9)11(16)15-2-1-7(6-15)12(17)18/h3-5,7H,1-2,6H2,(H,17,18). The Morgan fingerprint density at radius 1 is 1.22 bits per heavy atom. The van der Waals surface area contributed by atoms with Crippen molar-refractivity contribution in [1.29, 1.82) is 0 Å². The predicted molar refractivity (Wildman–Crippen MR) is 58.0 cm³/mol. The van der Waals surface area contributed by atoms with Crippen LogP contribution in [0, 0.1) is 17.6 Å². The van der Waals surface area contributed by atoms with E-state index in [4.69, 9.17) is 5.11 Å². The largest absolute Gasteiger partial charge is 0.481 e. The molecule has 0 bridgehead atoms. The van der Waals surface area contributed by atoms with E-state index in [1.165, 1.54) is 4.90 Å². The zero-order valence-corrected chi connectivity index (χ0v) is 9.40. The Bertz CT molecular complexity index is 484. The van der Waals surface area contributed by atoms with Crippen LogP contribution in [0.4, 0.5) is 8.78 Å². The van der Waals surface area contributed by atoms with Gasteiger partial charge in [0.25, 0.3) is 5.91 Å². The lowest BCUT2D eigenvalue weighted by atomic mass is 10.1. The van der Waals surface area contributed by atoms with Crippen molar-refractivity contribution in [3.63, 3.8) is 0 Å². The number of carboxylic acid groups (broad SMARTS) is 1. The first-order valence-electron chi connectivity index (χ1n) is 5.45. The average Bonchev–Trinajstić information content (AvgIpc) is 2.75. The molecule has 96 valence electrons. The third-order valence-corrected chi connectivity index (χ3v) is 2.93. The molecule has 1 amide bonds. The molecule has 0 aromatic heterocycles. The third kappa shape index (κ3) is 2.47. The zero-order chi connectivity index (χ0) is 13.3. The molecule has 18 heavy (non-hydrogen) atoms. The number of likely N-dealkylation sites (tertiary alicyclic amines) is 1. The highest BCUT2D eigenvalue weighted by molar-refractivity contribution is 5.94. The number of amides is 1. The summed E-state index contributed by atoms with van der Waals surface area (Å²) in [6.45, 7) is 0.361. The summed E-state index contributed by atoms with van der Waals surface area (Å²) < 4.78 is 26.0. The molecule has 0 spiro atoms. The third-order valence-electron chi connectivity index (χ3n) is 2.93. The molecule has 1 aromatic rings. The van der Waals surface area contributed by atoms with Gasteiger partial charge < -0.3 is 10.0 Å². The smallest absolute Gasteiger partial charge is 0.308 e. The van der Waals surface area contributed by atoms with E-state index in [2.05, 4.69) is 0 Å². The number of rotatable bonds is 2. The first kappa shape index (κ1) is 12.5. The molecule has 1 fully saturated rings. The molecule has 1 heterocycles. The summed E-state index contributed by atoms with van der Waals surface area (Å²) >= 11 is 0.